The number of rotatable bonds is 4. The number of guanidine groups is 1. The van der Waals surface area contributed by atoms with Crippen LogP contribution in [-0.4, -0.2) is 35.8 Å². The molecule has 25 heavy (non-hydrogen) atoms. The summed E-state index contributed by atoms with van der Waals surface area (Å²) in [5.41, 5.74) is 8.36. The van der Waals surface area contributed by atoms with Crippen molar-refractivity contribution < 1.29 is 4.74 Å². The van der Waals surface area contributed by atoms with Crippen molar-refractivity contribution in [1.29, 1.82) is 0 Å². The first-order valence-corrected chi connectivity index (χ1v) is 8.26. The molecule has 0 bridgehead atoms. The van der Waals surface area contributed by atoms with Crippen molar-refractivity contribution in [1.82, 2.24) is 10.3 Å². The lowest BCUT2D eigenvalue weighted by Crippen LogP contribution is -2.52. The maximum absolute atomic E-state index is 6.52. The van der Waals surface area contributed by atoms with E-state index < -0.39 is 5.79 Å². The molecule has 4 rings (SSSR count). The van der Waals surface area contributed by atoms with E-state index in [9.17, 15) is 0 Å². The Morgan fingerprint density at radius 3 is 2.56 bits per heavy atom. The van der Waals surface area contributed by atoms with E-state index in [2.05, 4.69) is 25.6 Å². The van der Waals surface area contributed by atoms with E-state index in [1.807, 2.05) is 42.5 Å². The fraction of sp³-hybridized carbons (Fsp3) is 0.278. The minimum absolute atomic E-state index is 0.384. The third kappa shape index (κ3) is 3.67. The second-order valence-electron chi connectivity index (χ2n) is 6.26. The Morgan fingerprint density at radius 1 is 1.12 bits per heavy atom. The summed E-state index contributed by atoms with van der Waals surface area (Å²) >= 11 is 0. The van der Waals surface area contributed by atoms with Gasteiger partial charge in [0.25, 0.3) is 0 Å². The van der Waals surface area contributed by atoms with Gasteiger partial charge < -0.3 is 15.4 Å². The first kappa shape index (κ1) is 15.7. The van der Waals surface area contributed by atoms with Crippen molar-refractivity contribution in [2.75, 3.05) is 18.5 Å². The monoisotopic (exact) mass is 336 g/mol. The van der Waals surface area contributed by atoms with Crippen LogP contribution in [0.3, 0.4) is 0 Å². The third-order valence-corrected chi connectivity index (χ3v) is 4.13. The number of nitrogens with zero attached hydrogens (tertiary/aromatic N) is 3. The Hall–Kier alpha value is -2.77. The number of aliphatic imine (C=N–C) groups is 2. The topological polar surface area (TPSA) is 96.9 Å². The van der Waals surface area contributed by atoms with Gasteiger partial charge in [-0.05, 0) is 12.1 Å². The Bertz CT molecular complexity index is 788. The highest BCUT2D eigenvalue weighted by Crippen LogP contribution is 2.26. The molecule has 1 fully saturated rings. The van der Waals surface area contributed by atoms with Crippen molar-refractivity contribution in [3.63, 3.8) is 0 Å². The normalized spacial score (nSPS) is 23.1. The minimum Gasteiger partial charge on any atom is -0.381 e. The number of nitrogens with two attached hydrogens (primary N) is 1. The summed E-state index contributed by atoms with van der Waals surface area (Å²) in [4.78, 5) is 13.3. The summed E-state index contributed by atoms with van der Waals surface area (Å²) in [6.45, 7) is 1.43. The molecule has 0 saturated carbocycles. The van der Waals surface area contributed by atoms with Crippen LogP contribution in [0.5, 0.6) is 0 Å². The molecule has 1 aromatic heterocycles. The van der Waals surface area contributed by atoms with Crippen molar-refractivity contribution in [2.24, 2.45) is 21.6 Å². The van der Waals surface area contributed by atoms with Gasteiger partial charge in [0.15, 0.2) is 0 Å². The summed E-state index contributed by atoms with van der Waals surface area (Å²) in [6.07, 6.45) is 4.09. The predicted molar refractivity (Wildman–Crippen MR) is 97.3 cm³/mol. The summed E-state index contributed by atoms with van der Waals surface area (Å²) in [7, 11) is 0. The lowest BCUT2D eigenvalue weighted by molar-refractivity contribution is -0.0441. The van der Waals surface area contributed by atoms with E-state index in [0.29, 0.717) is 37.3 Å². The van der Waals surface area contributed by atoms with Gasteiger partial charge in [0, 0.05) is 36.0 Å². The number of ether oxygens (including phenoxy) is 1. The van der Waals surface area contributed by atoms with E-state index in [1.165, 1.54) is 0 Å². The summed E-state index contributed by atoms with van der Waals surface area (Å²) in [5, 5.41) is 6.49. The molecular weight excluding hydrogens is 316 g/mol. The molecule has 4 N–H and O–H groups in total. The zero-order valence-electron chi connectivity index (χ0n) is 13.7. The standard InChI is InChI=1S/C18H20N6O/c19-18(10-13-11-25-12-13)23-16(14-4-2-1-3-5-14)22-17(24-18)21-15-6-8-20-9-7-15/h1-9,13H,10-12,19H2,(H2,20,21,22,23,24). The molecule has 7 nitrogen and oxygen atoms in total. The Balaban J connectivity index is 1.63. The molecule has 1 saturated heterocycles. The quantitative estimate of drug-likeness (QED) is 0.787. The molecule has 128 valence electrons. The summed E-state index contributed by atoms with van der Waals surface area (Å²) in [5.74, 6) is 0.646. The zero-order chi connectivity index (χ0) is 17.1. The Morgan fingerprint density at radius 2 is 1.88 bits per heavy atom. The maximum atomic E-state index is 6.52. The van der Waals surface area contributed by atoms with Gasteiger partial charge in [-0.2, -0.15) is 0 Å². The number of amidine groups is 1. The first-order chi connectivity index (χ1) is 12.2. The maximum Gasteiger partial charge on any atom is 0.208 e. The molecule has 7 heteroatoms. The third-order valence-electron chi connectivity index (χ3n) is 4.13. The smallest absolute Gasteiger partial charge is 0.208 e. The van der Waals surface area contributed by atoms with Crippen LogP contribution in [0.15, 0.2) is 64.8 Å². The number of aromatic nitrogens is 1. The average Bonchev–Trinajstić information content (AvgIpc) is 2.60. The Kier molecular flexibility index (Phi) is 4.17. The molecule has 0 spiro atoms. The van der Waals surface area contributed by atoms with Gasteiger partial charge in [0.1, 0.15) is 5.84 Å². The van der Waals surface area contributed by atoms with Crippen molar-refractivity contribution in [3.05, 3.63) is 60.4 Å². The number of hydrogen-bond acceptors (Lipinski definition) is 7. The van der Waals surface area contributed by atoms with Gasteiger partial charge >= 0.3 is 0 Å². The van der Waals surface area contributed by atoms with E-state index >= 15 is 0 Å². The molecule has 2 aromatic rings. The predicted octanol–water partition coefficient (Wildman–Crippen LogP) is 1.55. The number of anilines is 1. The minimum atomic E-state index is -1.01. The molecule has 2 aliphatic heterocycles. The largest absolute Gasteiger partial charge is 0.381 e. The second-order valence-corrected chi connectivity index (χ2v) is 6.26. The lowest BCUT2D eigenvalue weighted by Gasteiger charge is -2.34. The van der Waals surface area contributed by atoms with Gasteiger partial charge in [0.05, 0.1) is 13.2 Å². The van der Waals surface area contributed by atoms with Gasteiger partial charge in [-0.3, -0.25) is 10.7 Å². The van der Waals surface area contributed by atoms with Gasteiger partial charge in [-0.15, -0.1) is 0 Å². The van der Waals surface area contributed by atoms with Crippen molar-refractivity contribution in [2.45, 2.75) is 12.2 Å². The Labute approximate surface area is 146 Å². The molecule has 1 unspecified atom stereocenters. The van der Waals surface area contributed by atoms with Crippen LogP contribution in [0.1, 0.15) is 12.0 Å². The highest BCUT2D eigenvalue weighted by atomic mass is 16.5. The molecule has 0 amide bonds. The molecule has 0 aliphatic carbocycles. The van der Waals surface area contributed by atoms with Crippen LogP contribution in [-0.2, 0) is 4.74 Å². The zero-order valence-corrected chi connectivity index (χ0v) is 13.7. The van der Waals surface area contributed by atoms with E-state index in [1.54, 1.807) is 12.4 Å². The SMILES string of the molecule is NC1(CC2COC2)N=C(Nc2ccncc2)NC(c2ccccc2)=N1. The molecular formula is C18H20N6O. The highest BCUT2D eigenvalue weighted by molar-refractivity contribution is 6.13. The average molecular weight is 336 g/mol. The van der Waals surface area contributed by atoms with Gasteiger partial charge in [-0.1, -0.05) is 30.3 Å². The van der Waals surface area contributed by atoms with E-state index in [0.717, 1.165) is 11.3 Å². The van der Waals surface area contributed by atoms with Gasteiger partial charge in [-0.25, -0.2) is 9.98 Å². The number of pyridine rings is 1. The van der Waals surface area contributed by atoms with Crippen LogP contribution < -0.4 is 16.4 Å². The van der Waals surface area contributed by atoms with Crippen LogP contribution >= 0.6 is 0 Å². The summed E-state index contributed by atoms with van der Waals surface area (Å²) < 4.78 is 5.26. The van der Waals surface area contributed by atoms with E-state index in [-0.39, 0.29) is 0 Å². The lowest BCUT2D eigenvalue weighted by atomic mass is 9.99. The highest BCUT2D eigenvalue weighted by Gasteiger charge is 2.35. The second kappa shape index (κ2) is 6.62. The molecule has 2 aliphatic rings. The number of benzene rings is 1. The number of nitrogens with one attached hydrogen (secondary N) is 2. The molecule has 0 radical (unpaired) electrons. The summed E-state index contributed by atoms with van der Waals surface area (Å²) in [6, 6.07) is 13.6. The van der Waals surface area contributed by atoms with Crippen molar-refractivity contribution in [3.8, 4) is 0 Å². The van der Waals surface area contributed by atoms with Crippen LogP contribution in [0, 0.1) is 5.92 Å². The van der Waals surface area contributed by atoms with Crippen LogP contribution in [0.25, 0.3) is 0 Å². The fourth-order valence-electron chi connectivity index (χ4n) is 2.86. The molecule has 3 heterocycles. The van der Waals surface area contributed by atoms with E-state index in [4.69, 9.17) is 10.5 Å². The fourth-order valence-corrected chi connectivity index (χ4v) is 2.86. The van der Waals surface area contributed by atoms with Crippen LogP contribution in [0.2, 0.25) is 0 Å². The van der Waals surface area contributed by atoms with Crippen molar-refractivity contribution >= 4 is 17.5 Å². The number of hydrogen-bond donors (Lipinski definition) is 3. The molecule has 1 atom stereocenters. The van der Waals surface area contributed by atoms with Crippen LogP contribution in [0.4, 0.5) is 5.69 Å². The van der Waals surface area contributed by atoms with Gasteiger partial charge in [0.2, 0.25) is 11.7 Å². The first-order valence-electron chi connectivity index (χ1n) is 8.26. The molecule has 1 aromatic carbocycles.